The van der Waals surface area contributed by atoms with E-state index in [0.29, 0.717) is 19.6 Å². The minimum atomic E-state index is 0.0395. The van der Waals surface area contributed by atoms with Gasteiger partial charge in [-0.1, -0.05) is 13.8 Å². The molecule has 84 valence electrons. The molecule has 0 aliphatic rings. The highest BCUT2D eigenvalue weighted by molar-refractivity contribution is 5.78. The molecule has 0 aliphatic heterocycles. The third-order valence-corrected chi connectivity index (χ3v) is 2.36. The lowest BCUT2D eigenvalue weighted by Crippen LogP contribution is -2.41. The third kappa shape index (κ3) is 4.58. The molecule has 0 heterocycles. The predicted molar refractivity (Wildman–Crippen MR) is 57.1 cm³/mol. The molecule has 4 nitrogen and oxygen atoms in total. The van der Waals surface area contributed by atoms with Crippen molar-refractivity contribution in [1.82, 2.24) is 9.80 Å². The van der Waals surface area contributed by atoms with Crippen molar-refractivity contribution in [2.75, 3.05) is 39.3 Å². The Labute approximate surface area is 86.5 Å². The van der Waals surface area contributed by atoms with Crippen molar-refractivity contribution < 1.29 is 9.90 Å². The van der Waals surface area contributed by atoms with Gasteiger partial charge in [0.2, 0.25) is 5.91 Å². The van der Waals surface area contributed by atoms with Gasteiger partial charge in [0.05, 0.1) is 13.2 Å². The van der Waals surface area contributed by atoms with Gasteiger partial charge >= 0.3 is 0 Å². The second kappa shape index (κ2) is 7.76. The van der Waals surface area contributed by atoms with Crippen LogP contribution in [0.25, 0.3) is 0 Å². The van der Waals surface area contributed by atoms with Gasteiger partial charge in [0.25, 0.3) is 0 Å². The van der Waals surface area contributed by atoms with Crippen LogP contribution >= 0.6 is 0 Å². The predicted octanol–water partition coefficient (Wildman–Crippen LogP) is 0.169. The number of amides is 1. The molecule has 0 aromatic heterocycles. The minimum absolute atomic E-state index is 0.0395. The number of aliphatic hydroxyl groups is 1. The fourth-order valence-electron chi connectivity index (χ4n) is 1.32. The molecule has 1 amide bonds. The summed E-state index contributed by atoms with van der Waals surface area (Å²) < 4.78 is 0. The second-order valence-electron chi connectivity index (χ2n) is 3.16. The standard InChI is InChI=1S/C10H22N2O2/c1-4-11(5-2)9-10(14)12(6-3)7-8-13/h13H,4-9H2,1-3H3. The van der Waals surface area contributed by atoms with Crippen LogP contribution in [0.5, 0.6) is 0 Å². The van der Waals surface area contributed by atoms with Crippen LogP contribution in [-0.4, -0.2) is 60.1 Å². The molecule has 0 bridgehead atoms. The molecule has 0 atom stereocenters. The van der Waals surface area contributed by atoms with Gasteiger partial charge in [-0.15, -0.1) is 0 Å². The topological polar surface area (TPSA) is 43.8 Å². The van der Waals surface area contributed by atoms with E-state index in [9.17, 15) is 4.79 Å². The number of aliphatic hydroxyl groups excluding tert-OH is 1. The summed E-state index contributed by atoms with van der Waals surface area (Å²) in [6.45, 7) is 9.39. The highest BCUT2D eigenvalue weighted by atomic mass is 16.3. The fourth-order valence-corrected chi connectivity index (χ4v) is 1.32. The van der Waals surface area contributed by atoms with Crippen LogP contribution in [0.4, 0.5) is 0 Å². The lowest BCUT2D eigenvalue weighted by atomic mass is 10.4. The number of hydrogen-bond donors (Lipinski definition) is 1. The van der Waals surface area contributed by atoms with E-state index in [4.69, 9.17) is 5.11 Å². The summed E-state index contributed by atoms with van der Waals surface area (Å²) in [5.74, 6) is 0.102. The SMILES string of the molecule is CCN(CC)CC(=O)N(CC)CCO. The largest absolute Gasteiger partial charge is 0.395 e. The first-order chi connectivity index (χ1) is 6.69. The van der Waals surface area contributed by atoms with Crippen molar-refractivity contribution >= 4 is 5.91 Å². The zero-order valence-corrected chi connectivity index (χ0v) is 9.49. The van der Waals surface area contributed by atoms with Gasteiger partial charge in [-0.3, -0.25) is 9.69 Å². The van der Waals surface area contributed by atoms with E-state index in [1.807, 2.05) is 20.8 Å². The number of carbonyl (C=O) groups is 1. The average Bonchev–Trinajstić information content (AvgIpc) is 2.22. The third-order valence-electron chi connectivity index (χ3n) is 2.36. The first-order valence-corrected chi connectivity index (χ1v) is 5.30. The summed E-state index contributed by atoms with van der Waals surface area (Å²) in [4.78, 5) is 15.4. The molecule has 0 aliphatic carbocycles. The first kappa shape index (κ1) is 13.4. The van der Waals surface area contributed by atoms with Crippen molar-refractivity contribution in [1.29, 1.82) is 0 Å². The highest BCUT2D eigenvalue weighted by Gasteiger charge is 2.13. The van der Waals surface area contributed by atoms with Crippen LogP contribution in [0.2, 0.25) is 0 Å². The second-order valence-corrected chi connectivity index (χ2v) is 3.16. The van der Waals surface area contributed by atoms with E-state index < -0.39 is 0 Å². The van der Waals surface area contributed by atoms with Crippen molar-refractivity contribution in [3.05, 3.63) is 0 Å². The van der Waals surface area contributed by atoms with Gasteiger partial charge in [-0.25, -0.2) is 0 Å². The summed E-state index contributed by atoms with van der Waals surface area (Å²) in [7, 11) is 0. The zero-order chi connectivity index (χ0) is 11.0. The van der Waals surface area contributed by atoms with E-state index in [2.05, 4.69) is 4.90 Å². The summed E-state index contributed by atoms with van der Waals surface area (Å²) in [5.41, 5.74) is 0. The molecule has 0 spiro atoms. The Bertz CT molecular complexity index is 158. The maximum Gasteiger partial charge on any atom is 0.236 e. The van der Waals surface area contributed by atoms with Crippen LogP contribution in [0.1, 0.15) is 20.8 Å². The van der Waals surface area contributed by atoms with Gasteiger partial charge in [0.1, 0.15) is 0 Å². The molecule has 0 rings (SSSR count). The number of likely N-dealkylation sites (N-methyl/N-ethyl adjacent to an activating group) is 2. The first-order valence-electron chi connectivity index (χ1n) is 5.30. The average molecular weight is 202 g/mol. The van der Waals surface area contributed by atoms with Gasteiger partial charge in [-0.05, 0) is 20.0 Å². The van der Waals surface area contributed by atoms with Gasteiger partial charge in [0, 0.05) is 13.1 Å². The van der Waals surface area contributed by atoms with E-state index >= 15 is 0 Å². The van der Waals surface area contributed by atoms with E-state index in [1.54, 1.807) is 4.90 Å². The Morgan fingerprint density at radius 3 is 2.07 bits per heavy atom. The maximum absolute atomic E-state index is 11.7. The summed E-state index contributed by atoms with van der Waals surface area (Å²) in [5, 5.41) is 8.76. The molecule has 0 saturated carbocycles. The minimum Gasteiger partial charge on any atom is -0.395 e. The number of nitrogens with zero attached hydrogens (tertiary/aromatic N) is 2. The molecule has 0 aromatic carbocycles. The van der Waals surface area contributed by atoms with Crippen molar-refractivity contribution in [2.45, 2.75) is 20.8 Å². The Hall–Kier alpha value is -0.610. The summed E-state index contributed by atoms with van der Waals surface area (Å²) in [6.07, 6.45) is 0. The number of rotatable bonds is 7. The van der Waals surface area contributed by atoms with Crippen LogP contribution in [0.15, 0.2) is 0 Å². The lowest BCUT2D eigenvalue weighted by molar-refractivity contribution is -0.132. The molecule has 0 unspecified atom stereocenters. The zero-order valence-electron chi connectivity index (χ0n) is 9.49. The van der Waals surface area contributed by atoms with Gasteiger partial charge in [-0.2, -0.15) is 0 Å². The van der Waals surface area contributed by atoms with Crippen LogP contribution in [0.3, 0.4) is 0 Å². The Balaban J connectivity index is 4.01. The van der Waals surface area contributed by atoms with Gasteiger partial charge < -0.3 is 10.0 Å². The van der Waals surface area contributed by atoms with Crippen LogP contribution in [0, 0.1) is 0 Å². The number of hydrogen-bond acceptors (Lipinski definition) is 3. The Kier molecular flexibility index (Phi) is 7.42. The Morgan fingerprint density at radius 2 is 1.71 bits per heavy atom. The normalized spacial score (nSPS) is 10.6. The van der Waals surface area contributed by atoms with E-state index in [1.165, 1.54) is 0 Å². The molecule has 0 fully saturated rings. The van der Waals surface area contributed by atoms with Crippen LogP contribution < -0.4 is 0 Å². The molecule has 0 aromatic rings. The quantitative estimate of drug-likeness (QED) is 0.640. The summed E-state index contributed by atoms with van der Waals surface area (Å²) in [6, 6.07) is 0. The molecule has 4 heteroatoms. The molecule has 0 saturated heterocycles. The lowest BCUT2D eigenvalue weighted by Gasteiger charge is -2.24. The van der Waals surface area contributed by atoms with Crippen molar-refractivity contribution in [3.8, 4) is 0 Å². The molecular formula is C10H22N2O2. The van der Waals surface area contributed by atoms with Crippen molar-refractivity contribution in [2.24, 2.45) is 0 Å². The monoisotopic (exact) mass is 202 g/mol. The fraction of sp³-hybridized carbons (Fsp3) is 0.900. The molecule has 1 N–H and O–H groups in total. The molecular weight excluding hydrogens is 180 g/mol. The Morgan fingerprint density at radius 1 is 1.14 bits per heavy atom. The van der Waals surface area contributed by atoms with Crippen molar-refractivity contribution in [3.63, 3.8) is 0 Å². The van der Waals surface area contributed by atoms with Crippen LogP contribution in [-0.2, 0) is 4.79 Å². The maximum atomic E-state index is 11.7. The van der Waals surface area contributed by atoms with E-state index in [-0.39, 0.29) is 12.5 Å². The summed E-state index contributed by atoms with van der Waals surface area (Å²) >= 11 is 0. The number of carbonyl (C=O) groups excluding carboxylic acids is 1. The smallest absolute Gasteiger partial charge is 0.236 e. The molecule has 14 heavy (non-hydrogen) atoms. The highest BCUT2D eigenvalue weighted by Crippen LogP contribution is 1.93. The van der Waals surface area contributed by atoms with Gasteiger partial charge in [0.15, 0.2) is 0 Å². The molecule has 0 radical (unpaired) electrons. The van der Waals surface area contributed by atoms with E-state index in [0.717, 1.165) is 13.1 Å².